The largest absolute Gasteiger partial charge is 0.497 e. The lowest BCUT2D eigenvalue weighted by Crippen LogP contribution is -2.30. The Balaban J connectivity index is 1.76. The van der Waals surface area contributed by atoms with Crippen molar-refractivity contribution < 1.29 is 9.47 Å². The van der Waals surface area contributed by atoms with Gasteiger partial charge in [-0.15, -0.1) is 0 Å². The van der Waals surface area contributed by atoms with Crippen LogP contribution >= 0.6 is 0 Å². The molecule has 0 spiro atoms. The van der Waals surface area contributed by atoms with Crippen LogP contribution in [0.4, 0.5) is 5.82 Å². The molecule has 0 amide bonds. The van der Waals surface area contributed by atoms with Crippen molar-refractivity contribution in [3.8, 4) is 17.4 Å². The number of rotatable bonds is 4. The topological polar surface area (TPSA) is 47.5 Å². The normalized spacial score (nSPS) is 14.8. The van der Waals surface area contributed by atoms with Gasteiger partial charge in [0.2, 0.25) is 5.88 Å². The summed E-state index contributed by atoms with van der Waals surface area (Å²) >= 11 is 0. The maximum absolute atomic E-state index is 5.79. The van der Waals surface area contributed by atoms with Gasteiger partial charge in [-0.3, -0.25) is 0 Å². The summed E-state index contributed by atoms with van der Waals surface area (Å²) in [6.07, 6.45) is 5.29. The minimum Gasteiger partial charge on any atom is -0.497 e. The Morgan fingerprint density at radius 3 is 2.62 bits per heavy atom. The highest BCUT2D eigenvalue weighted by Crippen LogP contribution is 2.26. The lowest BCUT2D eigenvalue weighted by molar-refractivity contribution is 0.407. The van der Waals surface area contributed by atoms with Crippen molar-refractivity contribution in [3.05, 3.63) is 36.7 Å². The standard InChI is InChI=1S/C16H19N3O2/c1-20-13-6-5-7-14(10-13)21-16-11-15(17-12-18-16)19-8-3-2-4-9-19/h5-7,10-12H,2-4,8-9H2,1H3. The van der Waals surface area contributed by atoms with Gasteiger partial charge in [0.25, 0.3) is 0 Å². The second-order valence-electron chi connectivity index (χ2n) is 5.04. The molecule has 5 heteroatoms. The molecule has 1 aromatic carbocycles. The first-order valence-electron chi connectivity index (χ1n) is 7.24. The van der Waals surface area contributed by atoms with E-state index in [1.54, 1.807) is 13.4 Å². The SMILES string of the molecule is COc1cccc(Oc2cc(N3CCCCC3)ncn2)c1. The van der Waals surface area contributed by atoms with Crippen LogP contribution in [0, 0.1) is 0 Å². The van der Waals surface area contributed by atoms with Gasteiger partial charge in [-0.2, -0.15) is 0 Å². The van der Waals surface area contributed by atoms with Crippen molar-refractivity contribution >= 4 is 5.82 Å². The van der Waals surface area contributed by atoms with Crippen molar-refractivity contribution in [2.45, 2.75) is 19.3 Å². The highest BCUT2D eigenvalue weighted by atomic mass is 16.5. The van der Waals surface area contributed by atoms with Crippen molar-refractivity contribution in [2.75, 3.05) is 25.1 Å². The van der Waals surface area contributed by atoms with Crippen molar-refractivity contribution in [3.63, 3.8) is 0 Å². The molecule has 5 nitrogen and oxygen atoms in total. The number of hydrogen-bond donors (Lipinski definition) is 0. The molecule has 0 N–H and O–H groups in total. The summed E-state index contributed by atoms with van der Waals surface area (Å²) in [4.78, 5) is 10.8. The van der Waals surface area contributed by atoms with Gasteiger partial charge in [0.05, 0.1) is 7.11 Å². The first-order valence-corrected chi connectivity index (χ1v) is 7.24. The molecule has 1 fully saturated rings. The average molecular weight is 285 g/mol. The van der Waals surface area contributed by atoms with Crippen LogP contribution in [0.15, 0.2) is 36.7 Å². The Kier molecular flexibility index (Phi) is 4.19. The molecule has 0 unspecified atom stereocenters. The summed E-state index contributed by atoms with van der Waals surface area (Å²) in [6.45, 7) is 2.10. The minimum atomic E-state index is 0.554. The second kappa shape index (κ2) is 6.43. The zero-order valence-corrected chi connectivity index (χ0v) is 12.2. The molecule has 2 aromatic rings. The van der Waals surface area contributed by atoms with E-state index in [0.717, 1.165) is 24.7 Å². The lowest BCUT2D eigenvalue weighted by Gasteiger charge is -2.27. The van der Waals surface area contributed by atoms with Crippen LogP contribution in [0.2, 0.25) is 0 Å². The number of methoxy groups -OCH3 is 1. The summed E-state index contributed by atoms with van der Waals surface area (Å²) in [5.74, 6) is 2.96. The third-order valence-electron chi connectivity index (χ3n) is 3.57. The maximum Gasteiger partial charge on any atom is 0.224 e. The van der Waals surface area contributed by atoms with E-state index in [9.17, 15) is 0 Å². The fourth-order valence-electron chi connectivity index (χ4n) is 2.47. The fraction of sp³-hybridized carbons (Fsp3) is 0.375. The highest BCUT2D eigenvalue weighted by Gasteiger charge is 2.13. The molecule has 0 aliphatic carbocycles. The molecule has 2 heterocycles. The molecule has 1 aliphatic rings. The predicted molar refractivity (Wildman–Crippen MR) is 81.2 cm³/mol. The van der Waals surface area contributed by atoms with Crippen molar-refractivity contribution in [1.29, 1.82) is 0 Å². The van der Waals surface area contributed by atoms with Crippen LogP contribution in [0.5, 0.6) is 17.4 Å². The van der Waals surface area contributed by atoms with Crippen LogP contribution in [-0.2, 0) is 0 Å². The van der Waals surface area contributed by atoms with Crippen LogP contribution < -0.4 is 14.4 Å². The third-order valence-corrected chi connectivity index (χ3v) is 3.57. The molecule has 0 atom stereocenters. The van der Waals surface area contributed by atoms with Gasteiger partial charge in [-0.05, 0) is 31.4 Å². The summed E-state index contributed by atoms with van der Waals surface area (Å²) in [5.41, 5.74) is 0. The molecule has 1 aliphatic heterocycles. The van der Waals surface area contributed by atoms with Gasteiger partial charge in [-0.25, -0.2) is 9.97 Å². The van der Waals surface area contributed by atoms with E-state index in [2.05, 4.69) is 14.9 Å². The first kappa shape index (κ1) is 13.7. The predicted octanol–water partition coefficient (Wildman–Crippen LogP) is 3.27. The van der Waals surface area contributed by atoms with E-state index in [-0.39, 0.29) is 0 Å². The molecule has 3 rings (SSSR count). The quantitative estimate of drug-likeness (QED) is 0.863. The van der Waals surface area contributed by atoms with E-state index >= 15 is 0 Å². The zero-order valence-electron chi connectivity index (χ0n) is 12.2. The molecule has 110 valence electrons. The highest BCUT2D eigenvalue weighted by molar-refractivity contribution is 5.43. The van der Waals surface area contributed by atoms with Crippen LogP contribution in [-0.4, -0.2) is 30.2 Å². The third kappa shape index (κ3) is 3.42. The van der Waals surface area contributed by atoms with Gasteiger partial charge in [0.1, 0.15) is 23.6 Å². The van der Waals surface area contributed by atoms with Gasteiger partial charge in [0.15, 0.2) is 0 Å². The Hall–Kier alpha value is -2.30. The van der Waals surface area contributed by atoms with Gasteiger partial charge >= 0.3 is 0 Å². The summed E-state index contributed by atoms with van der Waals surface area (Å²) < 4.78 is 11.0. The number of nitrogens with zero attached hydrogens (tertiary/aromatic N) is 3. The number of piperidine rings is 1. The van der Waals surface area contributed by atoms with Crippen molar-refractivity contribution in [2.24, 2.45) is 0 Å². The average Bonchev–Trinajstić information content (AvgIpc) is 2.56. The number of aromatic nitrogens is 2. The van der Waals surface area contributed by atoms with E-state index < -0.39 is 0 Å². The number of anilines is 1. The Bertz CT molecular complexity index is 598. The second-order valence-corrected chi connectivity index (χ2v) is 5.04. The van der Waals surface area contributed by atoms with E-state index in [1.165, 1.54) is 19.3 Å². The smallest absolute Gasteiger partial charge is 0.224 e. The van der Waals surface area contributed by atoms with E-state index in [1.807, 2.05) is 30.3 Å². The monoisotopic (exact) mass is 285 g/mol. The Labute approximate surface area is 124 Å². The fourth-order valence-corrected chi connectivity index (χ4v) is 2.47. The Morgan fingerprint density at radius 1 is 1.00 bits per heavy atom. The van der Waals surface area contributed by atoms with Gasteiger partial charge in [-0.1, -0.05) is 6.07 Å². The first-order chi connectivity index (χ1) is 10.3. The number of ether oxygens (including phenoxy) is 2. The molecule has 1 saturated heterocycles. The summed E-state index contributed by atoms with van der Waals surface area (Å²) in [6, 6.07) is 9.38. The molecule has 21 heavy (non-hydrogen) atoms. The van der Waals surface area contributed by atoms with E-state index in [4.69, 9.17) is 9.47 Å². The lowest BCUT2D eigenvalue weighted by atomic mass is 10.1. The molecular formula is C16H19N3O2. The van der Waals surface area contributed by atoms with E-state index in [0.29, 0.717) is 11.6 Å². The van der Waals surface area contributed by atoms with Crippen LogP contribution in [0.3, 0.4) is 0 Å². The van der Waals surface area contributed by atoms with Crippen LogP contribution in [0.25, 0.3) is 0 Å². The Morgan fingerprint density at radius 2 is 1.81 bits per heavy atom. The van der Waals surface area contributed by atoms with Gasteiger partial charge < -0.3 is 14.4 Å². The molecule has 0 bridgehead atoms. The number of benzene rings is 1. The van der Waals surface area contributed by atoms with Crippen molar-refractivity contribution in [1.82, 2.24) is 9.97 Å². The molecule has 1 aromatic heterocycles. The molecule has 0 saturated carbocycles. The zero-order chi connectivity index (χ0) is 14.5. The maximum atomic E-state index is 5.79. The summed E-state index contributed by atoms with van der Waals surface area (Å²) in [5, 5.41) is 0. The number of hydrogen-bond acceptors (Lipinski definition) is 5. The summed E-state index contributed by atoms with van der Waals surface area (Å²) in [7, 11) is 1.64. The van der Waals surface area contributed by atoms with Crippen LogP contribution in [0.1, 0.15) is 19.3 Å². The van der Waals surface area contributed by atoms with Gasteiger partial charge in [0, 0.05) is 25.2 Å². The molecular weight excluding hydrogens is 266 g/mol. The minimum absolute atomic E-state index is 0.554. The molecule has 0 radical (unpaired) electrons.